The van der Waals surface area contributed by atoms with Crippen LogP contribution in [-0.4, -0.2) is 73.5 Å². The zero-order valence-electron chi connectivity index (χ0n) is 18.1. The fraction of sp³-hybridized carbons (Fsp3) is 0.900. The molecule has 0 radical (unpaired) electrons. The summed E-state index contributed by atoms with van der Waals surface area (Å²) in [6.45, 7) is 13.8. The highest BCUT2D eigenvalue weighted by molar-refractivity contribution is 14.0. The molecule has 1 fully saturated rings. The third-order valence-electron chi connectivity index (χ3n) is 4.43. The molecule has 1 aliphatic heterocycles. The second-order valence-electron chi connectivity index (χ2n) is 8.35. The Balaban J connectivity index is 0.00000676. The van der Waals surface area contributed by atoms with E-state index < -0.39 is 0 Å². The number of halogens is 1. The first-order valence-corrected chi connectivity index (χ1v) is 10.3. The van der Waals surface area contributed by atoms with Gasteiger partial charge in [-0.05, 0) is 73.0 Å². The zero-order chi connectivity index (χ0) is 19.4. The van der Waals surface area contributed by atoms with Crippen molar-refractivity contribution in [1.29, 1.82) is 0 Å². The molecule has 0 aromatic rings. The SMILES string of the molecule is CCNC(=NCCCCCN1CCCCC1)N(C)CC(=O)NC(C)(C)C.I. The number of carbonyl (C=O) groups excluding carboxylic acids is 1. The Morgan fingerprint density at radius 3 is 2.37 bits per heavy atom. The Hall–Kier alpha value is -0.570. The normalized spacial score (nSPS) is 15.8. The summed E-state index contributed by atoms with van der Waals surface area (Å²) in [6.07, 6.45) is 7.71. The van der Waals surface area contributed by atoms with Crippen molar-refractivity contribution in [3.63, 3.8) is 0 Å². The minimum atomic E-state index is -0.207. The third-order valence-corrected chi connectivity index (χ3v) is 4.43. The Bertz CT molecular complexity index is 431. The van der Waals surface area contributed by atoms with E-state index in [-0.39, 0.29) is 35.4 Å². The number of rotatable bonds is 9. The number of likely N-dealkylation sites (N-methyl/N-ethyl adjacent to an activating group) is 1. The highest BCUT2D eigenvalue weighted by atomic mass is 127. The van der Waals surface area contributed by atoms with Crippen molar-refractivity contribution >= 4 is 35.8 Å². The fourth-order valence-corrected chi connectivity index (χ4v) is 3.21. The van der Waals surface area contributed by atoms with Gasteiger partial charge in [0.25, 0.3) is 0 Å². The maximum atomic E-state index is 12.1. The summed E-state index contributed by atoms with van der Waals surface area (Å²) in [4.78, 5) is 21.3. The van der Waals surface area contributed by atoms with Crippen LogP contribution in [-0.2, 0) is 4.79 Å². The monoisotopic (exact) mass is 495 g/mol. The van der Waals surface area contributed by atoms with Crippen LogP contribution in [0.3, 0.4) is 0 Å². The summed E-state index contributed by atoms with van der Waals surface area (Å²) in [5, 5.41) is 6.28. The number of likely N-dealkylation sites (tertiary alicyclic amines) is 1. The molecule has 0 atom stereocenters. The molecule has 0 bridgehead atoms. The van der Waals surface area contributed by atoms with Crippen molar-refractivity contribution in [2.75, 3.05) is 46.3 Å². The summed E-state index contributed by atoms with van der Waals surface area (Å²) < 4.78 is 0. The Kier molecular flexibility index (Phi) is 14.1. The topological polar surface area (TPSA) is 60.0 Å². The van der Waals surface area contributed by atoms with Crippen molar-refractivity contribution < 1.29 is 4.79 Å². The van der Waals surface area contributed by atoms with Crippen LogP contribution >= 0.6 is 24.0 Å². The molecular weight excluding hydrogens is 453 g/mol. The number of amides is 1. The lowest BCUT2D eigenvalue weighted by atomic mass is 10.1. The van der Waals surface area contributed by atoms with Crippen LogP contribution < -0.4 is 10.6 Å². The highest BCUT2D eigenvalue weighted by Gasteiger charge is 2.16. The molecule has 1 aliphatic rings. The van der Waals surface area contributed by atoms with Gasteiger partial charge >= 0.3 is 0 Å². The maximum absolute atomic E-state index is 12.1. The van der Waals surface area contributed by atoms with Gasteiger partial charge in [0, 0.05) is 25.7 Å². The number of hydrogen-bond donors (Lipinski definition) is 2. The van der Waals surface area contributed by atoms with E-state index in [1.807, 2.05) is 32.7 Å². The van der Waals surface area contributed by atoms with E-state index in [0.717, 1.165) is 25.5 Å². The summed E-state index contributed by atoms with van der Waals surface area (Å²) in [5.74, 6) is 0.833. The molecule has 0 saturated carbocycles. The van der Waals surface area contributed by atoms with E-state index in [0.29, 0.717) is 6.54 Å². The number of nitrogens with one attached hydrogen (secondary N) is 2. The van der Waals surface area contributed by atoms with Crippen LogP contribution in [0.25, 0.3) is 0 Å². The van der Waals surface area contributed by atoms with Crippen LogP contribution in [0.15, 0.2) is 4.99 Å². The molecule has 1 amide bonds. The molecule has 1 rings (SSSR count). The van der Waals surface area contributed by atoms with Gasteiger partial charge in [0.05, 0.1) is 6.54 Å². The van der Waals surface area contributed by atoms with E-state index in [2.05, 4.69) is 27.4 Å². The van der Waals surface area contributed by atoms with Gasteiger partial charge in [-0.1, -0.05) is 12.8 Å². The molecular formula is C20H42IN5O. The molecule has 0 aromatic carbocycles. The lowest BCUT2D eigenvalue weighted by Crippen LogP contribution is -2.48. The predicted octanol–water partition coefficient (Wildman–Crippen LogP) is 3.07. The Morgan fingerprint density at radius 1 is 1.11 bits per heavy atom. The summed E-state index contributed by atoms with van der Waals surface area (Å²) in [7, 11) is 1.92. The number of aliphatic imine (C=N–C) groups is 1. The Labute approximate surface area is 183 Å². The second-order valence-corrected chi connectivity index (χ2v) is 8.35. The van der Waals surface area contributed by atoms with Crippen LogP contribution in [0.2, 0.25) is 0 Å². The zero-order valence-corrected chi connectivity index (χ0v) is 20.5. The molecule has 7 heteroatoms. The average Bonchev–Trinajstić information content (AvgIpc) is 2.56. The van der Waals surface area contributed by atoms with E-state index >= 15 is 0 Å². The van der Waals surface area contributed by atoms with Gasteiger partial charge in [0.2, 0.25) is 5.91 Å². The number of carbonyl (C=O) groups is 1. The molecule has 2 N–H and O–H groups in total. The number of nitrogens with zero attached hydrogens (tertiary/aromatic N) is 3. The Morgan fingerprint density at radius 2 is 1.78 bits per heavy atom. The smallest absolute Gasteiger partial charge is 0.240 e. The van der Waals surface area contributed by atoms with Gasteiger partial charge in [-0.15, -0.1) is 24.0 Å². The van der Waals surface area contributed by atoms with Crippen LogP contribution in [0, 0.1) is 0 Å². The van der Waals surface area contributed by atoms with Gasteiger partial charge in [-0.2, -0.15) is 0 Å². The molecule has 1 saturated heterocycles. The van der Waals surface area contributed by atoms with E-state index in [1.54, 1.807) is 0 Å². The lowest BCUT2D eigenvalue weighted by Gasteiger charge is -2.26. The first-order valence-electron chi connectivity index (χ1n) is 10.3. The molecule has 160 valence electrons. The van der Waals surface area contributed by atoms with E-state index in [1.165, 1.54) is 51.7 Å². The van der Waals surface area contributed by atoms with Gasteiger partial charge in [-0.25, -0.2) is 0 Å². The maximum Gasteiger partial charge on any atom is 0.240 e. The van der Waals surface area contributed by atoms with Crippen molar-refractivity contribution in [2.24, 2.45) is 4.99 Å². The first kappa shape index (κ1) is 26.4. The molecule has 0 spiro atoms. The molecule has 6 nitrogen and oxygen atoms in total. The van der Waals surface area contributed by atoms with Crippen LogP contribution in [0.5, 0.6) is 0 Å². The fourth-order valence-electron chi connectivity index (χ4n) is 3.21. The predicted molar refractivity (Wildman–Crippen MR) is 126 cm³/mol. The van der Waals surface area contributed by atoms with Gasteiger partial charge < -0.3 is 20.4 Å². The van der Waals surface area contributed by atoms with Gasteiger partial charge in [0.1, 0.15) is 0 Å². The highest BCUT2D eigenvalue weighted by Crippen LogP contribution is 2.10. The van der Waals surface area contributed by atoms with E-state index in [9.17, 15) is 4.79 Å². The van der Waals surface area contributed by atoms with Crippen molar-refractivity contribution in [3.8, 4) is 0 Å². The summed E-state index contributed by atoms with van der Waals surface area (Å²) >= 11 is 0. The van der Waals surface area contributed by atoms with Crippen molar-refractivity contribution in [2.45, 2.75) is 71.8 Å². The summed E-state index contributed by atoms with van der Waals surface area (Å²) in [6, 6.07) is 0. The largest absolute Gasteiger partial charge is 0.357 e. The minimum absolute atomic E-state index is 0. The molecule has 0 aliphatic carbocycles. The van der Waals surface area contributed by atoms with Gasteiger partial charge in [-0.3, -0.25) is 9.79 Å². The van der Waals surface area contributed by atoms with Crippen LogP contribution in [0.1, 0.15) is 66.2 Å². The number of guanidine groups is 1. The molecule has 0 unspecified atom stereocenters. The quantitative estimate of drug-likeness (QED) is 0.224. The van der Waals surface area contributed by atoms with Crippen LogP contribution in [0.4, 0.5) is 0 Å². The number of unbranched alkanes of at least 4 members (excludes halogenated alkanes) is 2. The average molecular weight is 495 g/mol. The molecule has 27 heavy (non-hydrogen) atoms. The first-order chi connectivity index (χ1) is 12.3. The lowest BCUT2D eigenvalue weighted by molar-refractivity contribution is -0.122. The third kappa shape index (κ3) is 13.3. The van der Waals surface area contributed by atoms with E-state index in [4.69, 9.17) is 0 Å². The number of piperidine rings is 1. The van der Waals surface area contributed by atoms with Crippen molar-refractivity contribution in [1.82, 2.24) is 20.4 Å². The second kappa shape index (κ2) is 14.4. The standard InChI is InChI=1S/C20H41N5O.HI/c1-6-21-19(24(5)17-18(26)23-20(2,3)4)22-13-9-7-10-14-25-15-11-8-12-16-25;/h6-17H2,1-5H3,(H,21,22)(H,23,26);1H. The number of hydrogen-bond acceptors (Lipinski definition) is 3. The molecule has 0 aromatic heterocycles. The minimum Gasteiger partial charge on any atom is -0.357 e. The van der Waals surface area contributed by atoms with Gasteiger partial charge in [0.15, 0.2) is 5.96 Å². The summed E-state index contributed by atoms with van der Waals surface area (Å²) in [5.41, 5.74) is -0.207. The van der Waals surface area contributed by atoms with Crippen molar-refractivity contribution in [3.05, 3.63) is 0 Å². The molecule has 1 heterocycles.